The molecule has 1 N–H and O–H groups in total. The number of nitrogens with zero attached hydrogens (tertiary/aromatic N) is 1. The molecule has 1 fully saturated rings. The average Bonchev–Trinajstić information content (AvgIpc) is 2.27. The zero-order chi connectivity index (χ0) is 11.4. The molecule has 0 aromatic carbocycles. The molecule has 2 atom stereocenters. The van der Waals surface area contributed by atoms with Crippen molar-refractivity contribution in [2.75, 3.05) is 13.6 Å². The van der Waals surface area contributed by atoms with E-state index in [0.717, 1.165) is 13.0 Å². The van der Waals surface area contributed by atoms with Gasteiger partial charge in [-0.3, -0.25) is 4.79 Å². The minimum Gasteiger partial charge on any atom is -0.341 e. The van der Waals surface area contributed by atoms with Crippen molar-refractivity contribution in [1.29, 1.82) is 0 Å². The van der Waals surface area contributed by atoms with Crippen molar-refractivity contribution in [3.8, 4) is 0 Å². The molecular weight excluding hydrogens is 188 g/mol. The number of hydrogen-bond acceptors (Lipinski definition) is 2. The molecule has 1 amide bonds. The van der Waals surface area contributed by atoms with Crippen molar-refractivity contribution in [2.45, 2.75) is 52.1 Å². The van der Waals surface area contributed by atoms with E-state index in [1.54, 1.807) is 0 Å². The molecule has 0 spiro atoms. The van der Waals surface area contributed by atoms with E-state index >= 15 is 0 Å². The molecule has 0 radical (unpaired) electrons. The van der Waals surface area contributed by atoms with E-state index in [4.69, 9.17) is 0 Å². The fourth-order valence-corrected chi connectivity index (χ4v) is 1.96. The van der Waals surface area contributed by atoms with E-state index < -0.39 is 0 Å². The Morgan fingerprint density at radius 2 is 2.00 bits per heavy atom. The van der Waals surface area contributed by atoms with E-state index in [1.807, 2.05) is 11.9 Å². The number of hydrogen-bond donors (Lipinski definition) is 1. The van der Waals surface area contributed by atoms with E-state index in [1.165, 1.54) is 12.8 Å². The minimum absolute atomic E-state index is 0.0601. The molecule has 1 rings (SSSR count). The lowest BCUT2D eigenvalue weighted by atomic mass is 10.0. The first kappa shape index (κ1) is 12.5. The van der Waals surface area contributed by atoms with Gasteiger partial charge in [-0.2, -0.15) is 0 Å². The van der Waals surface area contributed by atoms with Crippen LogP contribution in [0.15, 0.2) is 0 Å². The van der Waals surface area contributed by atoms with E-state index in [0.29, 0.717) is 12.0 Å². The van der Waals surface area contributed by atoms with Crippen molar-refractivity contribution in [2.24, 2.45) is 5.92 Å². The van der Waals surface area contributed by atoms with Gasteiger partial charge in [0.25, 0.3) is 0 Å². The molecule has 0 aliphatic carbocycles. The standard InChI is InChI=1S/C12H24N2O/c1-9(2)10(3)14(4)12(15)11-7-5-6-8-13-11/h9-11,13H,5-8H2,1-4H3/t10?,11-/m0/s1. The zero-order valence-electron chi connectivity index (χ0n) is 10.4. The maximum Gasteiger partial charge on any atom is 0.239 e. The predicted molar refractivity (Wildman–Crippen MR) is 62.7 cm³/mol. The second-order valence-corrected chi connectivity index (χ2v) is 4.94. The molecule has 1 aliphatic rings. The Kier molecular flexibility index (Phi) is 4.58. The number of carbonyl (C=O) groups excluding carboxylic acids is 1. The number of nitrogens with one attached hydrogen (secondary N) is 1. The first-order chi connectivity index (χ1) is 7.04. The molecule has 0 aromatic heterocycles. The summed E-state index contributed by atoms with van der Waals surface area (Å²) in [6.07, 6.45) is 3.37. The van der Waals surface area contributed by atoms with Crippen LogP contribution in [0.3, 0.4) is 0 Å². The fraction of sp³-hybridized carbons (Fsp3) is 0.917. The number of amides is 1. The third kappa shape index (κ3) is 3.20. The van der Waals surface area contributed by atoms with Gasteiger partial charge in [0.05, 0.1) is 6.04 Å². The van der Waals surface area contributed by atoms with Crippen molar-refractivity contribution >= 4 is 5.91 Å². The topological polar surface area (TPSA) is 32.3 Å². The zero-order valence-corrected chi connectivity index (χ0v) is 10.4. The maximum absolute atomic E-state index is 12.1. The summed E-state index contributed by atoms with van der Waals surface area (Å²) in [6, 6.07) is 0.381. The van der Waals surface area contributed by atoms with Gasteiger partial charge in [0.1, 0.15) is 0 Å². The highest BCUT2D eigenvalue weighted by molar-refractivity contribution is 5.82. The van der Waals surface area contributed by atoms with Crippen LogP contribution < -0.4 is 5.32 Å². The molecule has 3 heteroatoms. The monoisotopic (exact) mass is 212 g/mol. The van der Waals surface area contributed by atoms with E-state index in [-0.39, 0.29) is 11.9 Å². The van der Waals surface area contributed by atoms with Crippen LogP contribution in [0.4, 0.5) is 0 Å². The summed E-state index contributed by atoms with van der Waals surface area (Å²) in [5, 5.41) is 3.30. The summed E-state index contributed by atoms with van der Waals surface area (Å²) in [7, 11) is 1.92. The second kappa shape index (κ2) is 5.50. The molecule has 88 valence electrons. The average molecular weight is 212 g/mol. The van der Waals surface area contributed by atoms with Crippen LogP contribution in [0, 0.1) is 5.92 Å². The van der Waals surface area contributed by atoms with Gasteiger partial charge in [-0.25, -0.2) is 0 Å². The third-order valence-electron chi connectivity index (χ3n) is 3.53. The van der Waals surface area contributed by atoms with Crippen LogP contribution in [0.25, 0.3) is 0 Å². The summed E-state index contributed by atoms with van der Waals surface area (Å²) in [5.74, 6) is 0.776. The highest BCUT2D eigenvalue weighted by Crippen LogP contribution is 2.13. The van der Waals surface area contributed by atoms with Crippen molar-refractivity contribution in [1.82, 2.24) is 10.2 Å². The van der Waals surface area contributed by atoms with Crippen LogP contribution >= 0.6 is 0 Å². The van der Waals surface area contributed by atoms with Gasteiger partial charge in [-0.15, -0.1) is 0 Å². The smallest absolute Gasteiger partial charge is 0.239 e. The molecule has 15 heavy (non-hydrogen) atoms. The second-order valence-electron chi connectivity index (χ2n) is 4.94. The normalized spacial score (nSPS) is 23.9. The van der Waals surface area contributed by atoms with Crippen LogP contribution in [-0.4, -0.2) is 36.5 Å². The van der Waals surface area contributed by atoms with Gasteiger partial charge in [0, 0.05) is 13.1 Å². The van der Waals surface area contributed by atoms with E-state index in [9.17, 15) is 4.79 Å². The fourth-order valence-electron chi connectivity index (χ4n) is 1.96. The lowest BCUT2D eigenvalue weighted by Crippen LogP contribution is -2.50. The van der Waals surface area contributed by atoms with Gasteiger partial charge in [0.15, 0.2) is 0 Å². The summed E-state index contributed by atoms with van der Waals surface area (Å²) in [5.41, 5.74) is 0. The molecule has 1 unspecified atom stereocenters. The molecule has 3 nitrogen and oxygen atoms in total. The van der Waals surface area contributed by atoms with Gasteiger partial charge in [-0.1, -0.05) is 20.3 Å². The number of likely N-dealkylation sites (N-methyl/N-ethyl adjacent to an activating group) is 1. The largest absolute Gasteiger partial charge is 0.341 e. The number of rotatable bonds is 3. The molecular formula is C12H24N2O. The van der Waals surface area contributed by atoms with Gasteiger partial charge in [0.2, 0.25) is 5.91 Å². The Morgan fingerprint density at radius 3 is 2.47 bits per heavy atom. The Labute approximate surface area is 93.2 Å². The minimum atomic E-state index is 0.0601. The molecule has 0 saturated carbocycles. The third-order valence-corrected chi connectivity index (χ3v) is 3.53. The lowest BCUT2D eigenvalue weighted by molar-refractivity contribution is -0.135. The summed E-state index contributed by atoms with van der Waals surface area (Å²) in [4.78, 5) is 14.0. The Bertz CT molecular complexity index is 210. The highest BCUT2D eigenvalue weighted by Gasteiger charge is 2.26. The van der Waals surface area contributed by atoms with Crippen LogP contribution in [0.5, 0.6) is 0 Å². The summed E-state index contributed by atoms with van der Waals surface area (Å²) < 4.78 is 0. The Morgan fingerprint density at radius 1 is 1.33 bits per heavy atom. The van der Waals surface area contributed by atoms with Gasteiger partial charge >= 0.3 is 0 Å². The molecule has 1 saturated heterocycles. The van der Waals surface area contributed by atoms with Gasteiger partial charge in [-0.05, 0) is 32.2 Å². The molecule has 0 bridgehead atoms. The molecule has 0 aromatic rings. The first-order valence-electron chi connectivity index (χ1n) is 6.04. The van der Waals surface area contributed by atoms with Crippen LogP contribution in [0.1, 0.15) is 40.0 Å². The quantitative estimate of drug-likeness (QED) is 0.771. The first-order valence-corrected chi connectivity index (χ1v) is 6.04. The predicted octanol–water partition coefficient (Wildman–Crippen LogP) is 1.63. The number of carbonyl (C=O) groups is 1. The molecule has 1 aliphatic heterocycles. The lowest BCUT2D eigenvalue weighted by Gasteiger charge is -2.33. The van der Waals surface area contributed by atoms with Crippen LogP contribution in [0.2, 0.25) is 0 Å². The Balaban J connectivity index is 2.50. The summed E-state index contributed by atoms with van der Waals surface area (Å²) >= 11 is 0. The van der Waals surface area contributed by atoms with Crippen molar-refractivity contribution < 1.29 is 4.79 Å². The van der Waals surface area contributed by atoms with Crippen molar-refractivity contribution in [3.05, 3.63) is 0 Å². The highest BCUT2D eigenvalue weighted by atomic mass is 16.2. The molecule has 1 heterocycles. The maximum atomic E-state index is 12.1. The summed E-state index contributed by atoms with van der Waals surface area (Å²) in [6.45, 7) is 7.41. The van der Waals surface area contributed by atoms with Crippen LogP contribution in [-0.2, 0) is 4.79 Å². The number of piperidine rings is 1. The Hall–Kier alpha value is -0.570. The SMILES string of the molecule is CC(C)C(C)N(C)C(=O)[C@@H]1CCCCN1. The van der Waals surface area contributed by atoms with Gasteiger partial charge < -0.3 is 10.2 Å². The van der Waals surface area contributed by atoms with E-state index in [2.05, 4.69) is 26.1 Å². The van der Waals surface area contributed by atoms with Crippen molar-refractivity contribution in [3.63, 3.8) is 0 Å².